The monoisotopic (exact) mass is 594 g/mol. The Balaban J connectivity index is 0.857. The van der Waals surface area contributed by atoms with E-state index in [1.165, 1.54) is 42.5 Å². The predicted molar refractivity (Wildman–Crippen MR) is 172 cm³/mol. The summed E-state index contributed by atoms with van der Waals surface area (Å²) in [4.78, 5) is 37.9. The number of benzene rings is 2. The molecule has 7 rings (SSSR count). The van der Waals surface area contributed by atoms with Gasteiger partial charge in [0.25, 0.3) is 0 Å². The molecule has 3 saturated heterocycles. The summed E-state index contributed by atoms with van der Waals surface area (Å²) >= 11 is 0. The molecule has 0 aliphatic carbocycles. The third-order valence-electron chi connectivity index (χ3n) is 9.78. The minimum absolute atomic E-state index is 0.186. The van der Waals surface area contributed by atoms with E-state index in [-0.39, 0.29) is 17.9 Å². The third kappa shape index (κ3) is 6.56. The summed E-state index contributed by atoms with van der Waals surface area (Å²) in [6.07, 6.45) is 8.62. The summed E-state index contributed by atoms with van der Waals surface area (Å²) < 4.78 is 0. The van der Waals surface area contributed by atoms with Crippen LogP contribution in [0.15, 0.2) is 54.7 Å². The minimum atomic E-state index is -0.345. The van der Waals surface area contributed by atoms with Crippen LogP contribution in [-0.2, 0) is 22.6 Å². The van der Waals surface area contributed by atoms with Crippen LogP contribution in [0.4, 0.5) is 23.0 Å². The Morgan fingerprint density at radius 2 is 1.57 bits per heavy atom. The highest BCUT2D eigenvalue weighted by Crippen LogP contribution is 2.32. The van der Waals surface area contributed by atoms with Gasteiger partial charge in [0.15, 0.2) is 0 Å². The van der Waals surface area contributed by atoms with Gasteiger partial charge in [-0.15, -0.1) is 0 Å². The number of carbonyl (C=O) groups is 2. The predicted octanol–water partition coefficient (Wildman–Crippen LogP) is 3.93. The summed E-state index contributed by atoms with van der Waals surface area (Å²) in [5, 5.41) is 12.4. The van der Waals surface area contributed by atoms with Gasteiger partial charge in [0.05, 0.1) is 5.69 Å². The zero-order valence-electron chi connectivity index (χ0n) is 25.2. The van der Waals surface area contributed by atoms with E-state index >= 15 is 0 Å². The fraction of sp³-hybridized carbons (Fsp3) is 0.471. The molecule has 4 aliphatic heterocycles. The SMILES string of the molecule is O=C1CCC(Nc2ccc(C3CCN(C4CCN(c5ccc(Nc6ncc7c(n6)CNCC7)cc5)CC4)CC3)cc2)C(=O)N1. The van der Waals surface area contributed by atoms with Crippen molar-refractivity contribution in [2.24, 2.45) is 0 Å². The maximum atomic E-state index is 12.1. The van der Waals surface area contributed by atoms with Gasteiger partial charge in [-0.3, -0.25) is 14.9 Å². The van der Waals surface area contributed by atoms with E-state index in [0.717, 1.165) is 62.8 Å². The van der Waals surface area contributed by atoms with Crippen molar-refractivity contribution in [3.05, 3.63) is 71.5 Å². The lowest BCUT2D eigenvalue weighted by Crippen LogP contribution is -2.47. The summed E-state index contributed by atoms with van der Waals surface area (Å²) in [6, 6.07) is 17.5. The van der Waals surface area contributed by atoms with Crippen molar-refractivity contribution in [1.29, 1.82) is 0 Å². The molecule has 1 unspecified atom stereocenters. The molecule has 4 N–H and O–H groups in total. The van der Waals surface area contributed by atoms with Crippen molar-refractivity contribution < 1.29 is 9.59 Å². The average Bonchev–Trinajstić information content (AvgIpc) is 3.07. The quantitative estimate of drug-likeness (QED) is 0.302. The molecule has 10 nitrogen and oxygen atoms in total. The number of nitrogens with one attached hydrogen (secondary N) is 4. The Bertz CT molecular complexity index is 1460. The second-order valence-corrected chi connectivity index (χ2v) is 12.6. The standard InChI is InChI=1S/C34H42N8O2/c43-32-10-9-30(33(44)40-32)37-26-3-1-23(2-4-26)24-12-17-41(18-13-24)29-14-19-42(20-15-29)28-7-5-27(6-8-28)38-34-36-21-25-11-16-35-22-31(25)39-34/h1-8,21,24,29-30,35,37H,9-20,22H2,(H,36,38,39)(H,40,43,44). The molecule has 1 aromatic heterocycles. The first kappa shape index (κ1) is 28.7. The highest BCUT2D eigenvalue weighted by atomic mass is 16.2. The fourth-order valence-corrected chi connectivity index (χ4v) is 7.15. The number of aromatic nitrogens is 2. The van der Waals surface area contributed by atoms with E-state index in [1.54, 1.807) is 0 Å². The van der Waals surface area contributed by atoms with E-state index in [2.05, 4.69) is 84.6 Å². The van der Waals surface area contributed by atoms with Crippen LogP contribution >= 0.6 is 0 Å². The lowest BCUT2D eigenvalue weighted by molar-refractivity contribution is -0.133. The molecule has 44 heavy (non-hydrogen) atoms. The van der Waals surface area contributed by atoms with E-state index in [0.29, 0.717) is 30.7 Å². The van der Waals surface area contributed by atoms with Gasteiger partial charge in [-0.05, 0) is 112 Å². The van der Waals surface area contributed by atoms with Crippen molar-refractivity contribution in [3.8, 4) is 0 Å². The van der Waals surface area contributed by atoms with Crippen LogP contribution in [0.3, 0.4) is 0 Å². The zero-order valence-corrected chi connectivity index (χ0v) is 25.2. The number of imide groups is 1. The topological polar surface area (TPSA) is 115 Å². The Labute approximate surface area is 259 Å². The van der Waals surface area contributed by atoms with Crippen LogP contribution in [-0.4, -0.2) is 71.5 Å². The van der Waals surface area contributed by atoms with Gasteiger partial charge in [0, 0.05) is 55.4 Å². The van der Waals surface area contributed by atoms with Gasteiger partial charge >= 0.3 is 0 Å². The molecule has 230 valence electrons. The van der Waals surface area contributed by atoms with Gasteiger partial charge in [-0.1, -0.05) is 12.1 Å². The van der Waals surface area contributed by atoms with Gasteiger partial charge < -0.3 is 25.8 Å². The number of carbonyl (C=O) groups excluding carboxylic acids is 2. The number of likely N-dealkylation sites (tertiary alicyclic amines) is 1. The molecule has 0 saturated carbocycles. The molecule has 4 aliphatic rings. The van der Waals surface area contributed by atoms with Crippen molar-refractivity contribution >= 4 is 34.8 Å². The van der Waals surface area contributed by atoms with Crippen molar-refractivity contribution in [3.63, 3.8) is 0 Å². The molecule has 5 heterocycles. The summed E-state index contributed by atoms with van der Waals surface area (Å²) in [5.41, 5.74) is 6.92. The Morgan fingerprint density at radius 3 is 2.32 bits per heavy atom. The number of hydrogen-bond acceptors (Lipinski definition) is 9. The number of rotatable bonds is 7. The Hall–Kier alpha value is -4.02. The molecular formula is C34H42N8O2. The fourth-order valence-electron chi connectivity index (χ4n) is 7.15. The van der Waals surface area contributed by atoms with Gasteiger partial charge in [0.2, 0.25) is 17.8 Å². The summed E-state index contributed by atoms with van der Waals surface area (Å²) in [6.45, 7) is 6.26. The molecule has 0 radical (unpaired) electrons. The second kappa shape index (κ2) is 12.9. The summed E-state index contributed by atoms with van der Waals surface area (Å²) in [7, 11) is 0. The molecule has 3 aromatic rings. The molecule has 0 spiro atoms. The lowest BCUT2D eigenvalue weighted by atomic mass is 9.88. The average molecular weight is 595 g/mol. The first-order valence-electron chi connectivity index (χ1n) is 16.2. The lowest BCUT2D eigenvalue weighted by Gasteiger charge is -2.42. The number of fused-ring (bicyclic) bond motifs is 1. The highest BCUT2D eigenvalue weighted by Gasteiger charge is 2.29. The number of nitrogens with zero attached hydrogens (tertiary/aromatic N) is 4. The van der Waals surface area contributed by atoms with Crippen LogP contribution in [0.2, 0.25) is 0 Å². The second-order valence-electron chi connectivity index (χ2n) is 12.6. The van der Waals surface area contributed by atoms with Crippen LogP contribution in [0.5, 0.6) is 0 Å². The van der Waals surface area contributed by atoms with Crippen LogP contribution in [0.25, 0.3) is 0 Å². The van der Waals surface area contributed by atoms with Gasteiger partial charge in [0.1, 0.15) is 6.04 Å². The van der Waals surface area contributed by atoms with E-state index in [9.17, 15) is 9.59 Å². The largest absolute Gasteiger partial charge is 0.374 e. The normalized spacial score (nSPS) is 21.9. The molecule has 3 fully saturated rings. The number of hydrogen-bond donors (Lipinski definition) is 4. The third-order valence-corrected chi connectivity index (χ3v) is 9.78. The molecule has 1 atom stereocenters. The van der Waals surface area contributed by atoms with Crippen molar-refractivity contribution in [2.45, 2.75) is 69.5 Å². The van der Waals surface area contributed by atoms with Crippen LogP contribution < -0.4 is 26.2 Å². The van der Waals surface area contributed by atoms with E-state index < -0.39 is 0 Å². The first-order chi connectivity index (χ1) is 21.6. The van der Waals surface area contributed by atoms with Gasteiger partial charge in [-0.2, -0.15) is 0 Å². The van der Waals surface area contributed by atoms with E-state index in [4.69, 9.17) is 4.98 Å². The smallest absolute Gasteiger partial charge is 0.249 e. The van der Waals surface area contributed by atoms with Crippen LogP contribution in [0.1, 0.15) is 61.3 Å². The maximum absolute atomic E-state index is 12.1. The highest BCUT2D eigenvalue weighted by molar-refractivity contribution is 6.01. The Kier molecular flexibility index (Phi) is 8.43. The van der Waals surface area contributed by atoms with Crippen molar-refractivity contribution in [1.82, 2.24) is 25.5 Å². The van der Waals surface area contributed by atoms with Crippen LogP contribution in [0, 0.1) is 0 Å². The molecule has 2 aromatic carbocycles. The number of amides is 2. The first-order valence-corrected chi connectivity index (χ1v) is 16.2. The summed E-state index contributed by atoms with van der Waals surface area (Å²) in [5.74, 6) is 0.813. The van der Waals surface area contributed by atoms with Crippen molar-refractivity contribution in [2.75, 3.05) is 48.3 Å². The van der Waals surface area contributed by atoms with E-state index in [1.807, 2.05) is 6.20 Å². The van der Waals surface area contributed by atoms with Gasteiger partial charge in [-0.25, -0.2) is 9.97 Å². The minimum Gasteiger partial charge on any atom is -0.374 e. The number of piperidine rings is 3. The molecule has 10 heteroatoms. The molecular weight excluding hydrogens is 552 g/mol. The molecule has 0 bridgehead atoms. The number of anilines is 4. The maximum Gasteiger partial charge on any atom is 0.249 e. The zero-order chi connectivity index (χ0) is 29.9. The molecule has 2 amide bonds. The Morgan fingerprint density at radius 1 is 0.818 bits per heavy atom.